The van der Waals surface area contributed by atoms with Gasteiger partial charge in [0.15, 0.2) is 0 Å². The molecule has 70 valence electrons. The minimum absolute atomic E-state index is 0.414. The van der Waals surface area contributed by atoms with E-state index in [1.54, 1.807) is 0 Å². The summed E-state index contributed by atoms with van der Waals surface area (Å²) in [5, 5.41) is 0. The van der Waals surface area contributed by atoms with Gasteiger partial charge in [-0.3, -0.25) is 0 Å². The molecule has 0 saturated heterocycles. The van der Waals surface area contributed by atoms with Crippen molar-refractivity contribution >= 4 is 0 Å². The first-order chi connectivity index (χ1) is 5.79. The van der Waals surface area contributed by atoms with Crippen LogP contribution in [-0.2, 0) is 0 Å². The van der Waals surface area contributed by atoms with Crippen LogP contribution in [0, 0.1) is 0 Å². The minimum atomic E-state index is 0.414. The van der Waals surface area contributed by atoms with Gasteiger partial charge in [0.1, 0.15) is 0 Å². The van der Waals surface area contributed by atoms with Crippen LogP contribution in [0.25, 0.3) is 0 Å². The molecule has 0 aromatic carbocycles. The van der Waals surface area contributed by atoms with Crippen LogP contribution in [0.2, 0.25) is 0 Å². The average Bonchev–Trinajstić information content (AvgIpc) is 2.38. The normalized spacial score (nSPS) is 17.9. The average molecular weight is 170 g/mol. The second-order valence-electron chi connectivity index (χ2n) is 2.98. The molecule has 4 N–H and O–H groups in total. The van der Waals surface area contributed by atoms with E-state index in [0.29, 0.717) is 19.3 Å². The Morgan fingerprint density at radius 1 is 1.08 bits per heavy atom. The Bertz CT molecular complexity index is 141. The molecule has 0 amide bonds. The summed E-state index contributed by atoms with van der Waals surface area (Å²) in [4.78, 5) is 4.44. The topological polar surface area (TPSA) is 58.5 Å². The number of hydrogen-bond acceptors (Lipinski definition) is 4. The molecule has 1 rings (SSSR count). The molecule has 0 radical (unpaired) electrons. The highest BCUT2D eigenvalue weighted by atomic mass is 15.4. The van der Waals surface area contributed by atoms with Crippen molar-refractivity contribution in [1.29, 1.82) is 0 Å². The fourth-order valence-electron chi connectivity index (χ4n) is 1.43. The summed E-state index contributed by atoms with van der Waals surface area (Å²) in [6.45, 7) is 5.39. The molecule has 0 fully saturated rings. The van der Waals surface area contributed by atoms with Crippen molar-refractivity contribution in [3.8, 4) is 0 Å². The van der Waals surface area contributed by atoms with Crippen LogP contribution in [0.3, 0.4) is 0 Å². The Kier molecular flexibility index (Phi) is 3.37. The van der Waals surface area contributed by atoms with Gasteiger partial charge >= 0.3 is 0 Å². The largest absolute Gasteiger partial charge is 0.355 e. The summed E-state index contributed by atoms with van der Waals surface area (Å²) in [7, 11) is 0. The molecule has 0 unspecified atom stereocenters. The van der Waals surface area contributed by atoms with E-state index < -0.39 is 0 Å². The Morgan fingerprint density at radius 2 is 1.50 bits per heavy atom. The van der Waals surface area contributed by atoms with Gasteiger partial charge in [0.2, 0.25) is 0 Å². The highest BCUT2D eigenvalue weighted by Crippen LogP contribution is 2.13. The van der Waals surface area contributed by atoms with Gasteiger partial charge in [-0.15, -0.1) is 0 Å². The van der Waals surface area contributed by atoms with Crippen molar-refractivity contribution in [2.24, 2.45) is 11.5 Å². The molecule has 12 heavy (non-hydrogen) atoms. The van der Waals surface area contributed by atoms with Crippen LogP contribution in [0.15, 0.2) is 12.4 Å². The van der Waals surface area contributed by atoms with E-state index in [0.717, 1.165) is 13.1 Å². The Labute approximate surface area is 73.8 Å². The molecule has 1 heterocycles. The molecule has 0 aromatic rings. The monoisotopic (exact) mass is 170 g/mol. The zero-order chi connectivity index (χ0) is 8.97. The number of nitrogens with two attached hydrogens (primary N) is 2. The maximum Gasteiger partial charge on any atom is 0.0978 e. The predicted octanol–water partition coefficient (Wildman–Crippen LogP) is -0.661. The van der Waals surface area contributed by atoms with Crippen LogP contribution in [0.4, 0.5) is 0 Å². The van der Waals surface area contributed by atoms with E-state index in [1.807, 2.05) is 0 Å². The molecule has 4 heteroatoms. The van der Waals surface area contributed by atoms with E-state index in [9.17, 15) is 0 Å². The van der Waals surface area contributed by atoms with Crippen molar-refractivity contribution < 1.29 is 0 Å². The number of hydrogen-bond donors (Lipinski definition) is 2. The molecule has 0 aliphatic carbocycles. The molecule has 0 bridgehead atoms. The van der Waals surface area contributed by atoms with E-state index in [4.69, 9.17) is 11.5 Å². The summed E-state index contributed by atoms with van der Waals surface area (Å²) >= 11 is 0. The maximum atomic E-state index is 5.47. The van der Waals surface area contributed by atoms with Gasteiger partial charge in [0.25, 0.3) is 0 Å². The van der Waals surface area contributed by atoms with E-state index >= 15 is 0 Å². The Morgan fingerprint density at radius 3 is 1.83 bits per heavy atom. The molecule has 1 aliphatic rings. The SMILES string of the molecule is CC1N(CCN)C=CN1CCN. The van der Waals surface area contributed by atoms with E-state index in [-0.39, 0.29) is 0 Å². The van der Waals surface area contributed by atoms with Crippen LogP contribution in [0.1, 0.15) is 6.92 Å². The molecule has 0 aromatic heterocycles. The lowest BCUT2D eigenvalue weighted by molar-refractivity contribution is 0.176. The fourth-order valence-corrected chi connectivity index (χ4v) is 1.43. The van der Waals surface area contributed by atoms with Crippen molar-refractivity contribution in [2.75, 3.05) is 26.2 Å². The second kappa shape index (κ2) is 4.33. The van der Waals surface area contributed by atoms with Crippen molar-refractivity contribution in [1.82, 2.24) is 9.80 Å². The van der Waals surface area contributed by atoms with Crippen molar-refractivity contribution in [2.45, 2.75) is 13.1 Å². The minimum Gasteiger partial charge on any atom is -0.355 e. The zero-order valence-electron chi connectivity index (χ0n) is 7.61. The third kappa shape index (κ3) is 1.89. The Hall–Kier alpha value is -0.740. The fraction of sp³-hybridized carbons (Fsp3) is 0.750. The first kappa shape index (κ1) is 9.35. The summed E-state index contributed by atoms with van der Waals surface area (Å²) in [5.74, 6) is 0. The molecule has 1 aliphatic heterocycles. The maximum absolute atomic E-state index is 5.47. The number of nitrogens with zero attached hydrogens (tertiary/aromatic N) is 2. The number of rotatable bonds is 4. The van der Waals surface area contributed by atoms with Crippen LogP contribution < -0.4 is 11.5 Å². The van der Waals surface area contributed by atoms with Crippen molar-refractivity contribution in [3.05, 3.63) is 12.4 Å². The summed E-state index contributed by atoms with van der Waals surface area (Å²) < 4.78 is 0. The highest BCUT2D eigenvalue weighted by Gasteiger charge is 2.19. The molecule has 4 nitrogen and oxygen atoms in total. The van der Waals surface area contributed by atoms with Crippen LogP contribution >= 0.6 is 0 Å². The summed E-state index contributed by atoms with van der Waals surface area (Å²) in [5.41, 5.74) is 10.9. The molecular formula is C8H18N4. The predicted molar refractivity (Wildman–Crippen MR) is 50.1 cm³/mol. The summed E-state index contributed by atoms with van der Waals surface area (Å²) in [6, 6.07) is 0. The van der Waals surface area contributed by atoms with Gasteiger partial charge in [-0.2, -0.15) is 0 Å². The van der Waals surface area contributed by atoms with E-state index in [2.05, 4.69) is 29.1 Å². The first-order valence-electron chi connectivity index (χ1n) is 4.39. The molecule has 0 saturated carbocycles. The van der Waals surface area contributed by atoms with E-state index in [1.165, 1.54) is 0 Å². The smallest absolute Gasteiger partial charge is 0.0978 e. The van der Waals surface area contributed by atoms with Gasteiger partial charge in [-0.25, -0.2) is 0 Å². The molecular weight excluding hydrogens is 152 g/mol. The Balaban J connectivity index is 2.38. The molecule has 0 spiro atoms. The van der Waals surface area contributed by atoms with Gasteiger partial charge < -0.3 is 21.3 Å². The standard InChI is InChI=1S/C8H18N4/c1-8-11(4-2-9)6-7-12(8)5-3-10/h6-8H,2-5,9-10H2,1H3. The lowest BCUT2D eigenvalue weighted by atomic mass is 10.4. The van der Waals surface area contributed by atoms with Crippen LogP contribution in [0.5, 0.6) is 0 Å². The third-order valence-electron chi connectivity index (χ3n) is 2.18. The van der Waals surface area contributed by atoms with Gasteiger partial charge in [-0.05, 0) is 6.92 Å². The summed E-state index contributed by atoms with van der Waals surface area (Å²) in [6.07, 6.45) is 4.57. The second-order valence-corrected chi connectivity index (χ2v) is 2.98. The van der Waals surface area contributed by atoms with Crippen molar-refractivity contribution in [3.63, 3.8) is 0 Å². The lowest BCUT2D eigenvalue weighted by Crippen LogP contribution is -2.40. The first-order valence-corrected chi connectivity index (χ1v) is 4.39. The van der Waals surface area contributed by atoms with Gasteiger partial charge in [0, 0.05) is 38.6 Å². The molecule has 0 atom stereocenters. The van der Waals surface area contributed by atoms with Gasteiger partial charge in [-0.1, -0.05) is 0 Å². The third-order valence-corrected chi connectivity index (χ3v) is 2.18. The van der Waals surface area contributed by atoms with Crippen LogP contribution in [-0.4, -0.2) is 42.1 Å². The zero-order valence-corrected chi connectivity index (χ0v) is 7.61. The highest BCUT2D eigenvalue weighted by molar-refractivity contribution is 4.95. The van der Waals surface area contributed by atoms with Gasteiger partial charge in [0.05, 0.1) is 6.17 Å². The lowest BCUT2D eigenvalue weighted by Gasteiger charge is -2.29. The quantitative estimate of drug-likeness (QED) is 0.588.